The predicted molar refractivity (Wildman–Crippen MR) is 43.0 cm³/mol. The summed E-state index contributed by atoms with van der Waals surface area (Å²) in [7, 11) is 0. The molecule has 3 nitrogen and oxygen atoms in total. The fourth-order valence-electron chi connectivity index (χ4n) is 0.678. The van der Waals surface area contributed by atoms with E-state index in [2.05, 4.69) is 21.6 Å². The summed E-state index contributed by atoms with van der Waals surface area (Å²) in [5.74, 6) is 0. The van der Waals surface area contributed by atoms with Crippen LogP contribution in [0.15, 0.2) is 29.5 Å². The molecule has 60 valence electrons. The third-order valence-electron chi connectivity index (χ3n) is 1.45. The second-order valence-electron chi connectivity index (χ2n) is 2.40. The molecule has 0 aliphatic heterocycles. The molecule has 1 heterocycles. The summed E-state index contributed by atoms with van der Waals surface area (Å²) in [5.41, 5.74) is 0.915. The van der Waals surface area contributed by atoms with Crippen LogP contribution in [0.3, 0.4) is 0 Å². The zero-order valence-electron chi connectivity index (χ0n) is 6.58. The Balaban J connectivity index is 2.28. The number of nitrogens with one attached hydrogen (secondary N) is 1. The van der Waals surface area contributed by atoms with Crippen LogP contribution in [0.4, 0.5) is 0 Å². The predicted octanol–water partition coefficient (Wildman–Crippen LogP) is 1.34. The fourth-order valence-corrected chi connectivity index (χ4v) is 0.678. The van der Waals surface area contributed by atoms with Gasteiger partial charge in [0.15, 0.2) is 0 Å². The summed E-state index contributed by atoms with van der Waals surface area (Å²) in [6.07, 6.45) is 3.41. The van der Waals surface area contributed by atoms with E-state index in [1.54, 1.807) is 6.26 Å². The number of hydrogen-bond donors (Lipinski definition) is 1. The first-order chi connectivity index (χ1) is 5.33. The molecule has 0 bridgehead atoms. The minimum Gasteiger partial charge on any atom is -0.364 e. The number of rotatable bonds is 4. The van der Waals surface area contributed by atoms with E-state index >= 15 is 0 Å². The van der Waals surface area contributed by atoms with Gasteiger partial charge in [0, 0.05) is 18.7 Å². The molecule has 0 amide bonds. The molecule has 0 aromatic carbocycles. The molecule has 1 N–H and O–H groups in total. The number of aromatic nitrogens is 1. The summed E-state index contributed by atoms with van der Waals surface area (Å²) < 4.78 is 4.66. The average molecular weight is 152 g/mol. The van der Waals surface area contributed by atoms with Gasteiger partial charge >= 0.3 is 0 Å². The van der Waals surface area contributed by atoms with Crippen LogP contribution in [0.2, 0.25) is 0 Å². The van der Waals surface area contributed by atoms with Crippen molar-refractivity contribution >= 4 is 0 Å². The first-order valence-electron chi connectivity index (χ1n) is 3.58. The minimum atomic E-state index is 0.312. The summed E-state index contributed by atoms with van der Waals surface area (Å²) in [6, 6.07) is 2.15. The SMILES string of the molecule is C=CC(C)NCc1ccon1. The summed E-state index contributed by atoms with van der Waals surface area (Å²) in [6.45, 7) is 6.41. The monoisotopic (exact) mass is 152 g/mol. The van der Waals surface area contributed by atoms with Gasteiger partial charge in [0.05, 0.1) is 5.69 Å². The van der Waals surface area contributed by atoms with Crippen molar-refractivity contribution in [3.05, 3.63) is 30.7 Å². The Labute approximate surface area is 66.1 Å². The molecule has 0 aliphatic rings. The van der Waals surface area contributed by atoms with Crippen LogP contribution in [-0.4, -0.2) is 11.2 Å². The molecule has 0 saturated heterocycles. The Morgan fingerprint density at radius 1 is 1.91 bits per heavy atom. The first-order valence-corrected chi connectivity index (χ1v) is 3.58. The average Bonchev–Trinajstić information content (AvgIpc) is 2.52. The number of nitrogens with zero attached hydrogens (tertiary/aromatic N) is 1. The van der Waals surface area contributed by atoms with E-state index in [1.807, 2.05) is 19.1 Å². The Hall–Kier alpha value is -1.09. The zero-order chi connectivity index (χ0) is 8.10. The van der Waals surface area contributed by atoms with Gasteiger partial charge in [-0.15, -0.1) is 6.58 Å². The summed E-state index contributed by atoms with van der Waals surface area (Å²) in [5, 5.41) is 6.94. The maximum atomic E-state index is 4.66. The van der Waals surface area contributed by atoms with E-state index < -0.39 is 0 Å². The normalized spacial score (nSPS) is 12.8. The van der Waals surface area contributed by atoms with Gasteiger partial charge < -0.3 is 9.84 Å². The van der Waals surface area contributed by atoms with E-state index in [4.69, 9.17) is 0 Å². The van der Waals surface area contributed by atoms with Gasteiger partial charge in [-0.3, -0.25) is 0 Å². The lowest BCUT2D eigenvalue weighted by atomic mass is 10.3. The van der Waals surface area contributed by atoms with Crippen molar-refractivity contribution < 1.29 is 4.52 Å². The minimum absolute atomic E-state index is 0.312. The van der Waals surface area contributed by atoms with Crippen LogP contribution >= 0.6 is 0 Å². The van der Waals surface area contributed by atoms with Gasteiger partial charge in [-0.05, 0) is 6.92 Å². The second-order valence-corrected chi connectivity index (χ2v) is 2.40. The third-order valence-corrected chi connectivity index (χ3v) is 1.45. The molecular formula is C8H12N2O. The van der Waals surface area contributed by atoms with Gasteiger partial charge in [0.2, 0.25) is 0 Å². The van der Waals surface area contributed by atoms with Crippen LogP contribution in [0, 0.1) is 0 Å². The molecule has 0 radical (unpaired) electrons. The smallest absolute Gasteiger partial charge is 0.124 e. The molecule has 3 heteroatoms. The highest BCUT2D eigenvalue weighted by Gasteiger charge is 1.97. The van der Waals surface area contributed by atoms with Crippen LogP contribution in [0.25, 0.3) is 0 Å². The highest BCUT2D eigenvalue weighted by Crippen LogP contribution is 1.94. The van der Waals surface area contributed by atoms with E-state index in [0.717, 1.165) is 12.2 Å². The van der Waals surface area contributed by atoms with Crippen LogP contribution in [-0.2, 0) is 6.54 Å². The van der Waals surface area contributed by atoms with Crippen molar-refractivity contribution in [2.45, 2.75) is 19.5 Å². The van der Waals surface area contributed by atoms with Gasteiger partial charge in [-0.1, -0.05) is 11.2 Å². The van der Waals surface area contributed by atoms with E-state index in [-0.39, 0.29) is 0 Å². The maximum absolute atomic E-state index is 4.66. The van der Waals surface area contributed by atoms with E-state index in [0.29, 0.717) is 6.04 Å². The van der Waals surface area contributed by atoms with Gasteiger partial charge in [-0.2, -0.15) is 0 Å². The highest BCUT2D eigenvalue weighted by atomic mass is 16.5. The first kappa shape index (κ1) is 8.01. The highest BCUT2D eigenvalue weighted by molar-refractivity contribution is 4.95. The van der Waals surface area contributed by atoms with Crippen LogP contribution in [0.1, 0.15) is 12.6 Å². The molecule has 1 aromatic heterocycles. The lowest BCUT2D eigenvalue weighted by molar-refractivity contribution is 0.407. The van der Waals surface area contributed by atoms with Crippen molar-refractivity contribution in [2.75, 3.05) is 0 Å². The number of hydrogen-bond acceptors (Lipinski definition) is 3. The topological polar surface area (TPSA) is 38.1 Å². The Kier molecular flexibility index (Phi) is 2.86. The molecule has 11 heavy (non-hydrogen) atoms. The molecule has 0 saturated carbocycles. The fraction of sp³-hybridized carbons (Fsp3) is 0.375. The van der Waals surface area contributed by atoms with Crippen molar-refractivity contribution in [2.24, 2.45) is 0 Å². The van der Waals surface area contributed by atoms with Crippen molar-refractivity contribution in [1.29, 1.82) is 0 Å². The zero-order valence-corrected chi connectivity index (χ0v) is 6.58. The summed E-state index contributed by atoms with van der Waals surface area (Å²) in [4.78, 5) is 0. The quantitative estimate of drug-likeness (QED) is 0.661. The molecule has 0 aliphatic carbocycles. The van der Waals surface area contributed by atoms with E-state index in [9.17, 15) is 0 Å². The second kappa shape index (κ2) is 3.93. The van der Waals surface area contributed by atoms with E-state index in [1.165, 1.54) is 0 Å². The van der Waals surface area contributed by atoms with Crippen molar-refractivity contribution in [1.82, 2.24) is 10.5 Å². The molecule has 1 unspecified atom stereocenters. The van der Waals surface area contributed by atoms with Crippen molar-refractivity contribution in [3.63, 3.8) is 0 Å². The van der Waals surface area contributed by atoms with Crippen molar-refractivity contribution in [3.8, 4) is 0 Å². The lowest BCUT2D eigenvalue weighted by Crippen LogP contribution is -2.22. The Bertz CT molecular complexity index is 206. The van der Waals surface area contributed by atoms with Gasteiger partial charge in [-0.25, -0.2) is 0 Å². The molecular weight excluding hydrogens is 140 g/mol. The standard InChI is InChI=1S/C8H12N2O/c1-3-7(2)9-6-8-4-5-11-10-8/h3-5,7,9H,1,6H2,2H3. The lowest BCUT2D eigenvalue weighted by Gasteiger charge is -2.05. The molecule has 1 rings (SSSR count). The van der Waals surface area contributed by atoms with Crippen LogP contribution in [0.5, 0.6) is 0 Å². The summed E-state index contributed by atoms with van der Waals surface area (Å²) >= 11 is 0. The van der Waals surface area contributed by atoms with Crippen LogP contribution < -0.4 is 5.32 Å². The van der Waals surface area contributed by atoms with Gasteiger partial charge in [0.25, 0.3) is 0 Å². The third kappa shape index (κ3) is 2.55. The Morgan fingerprint density at radius 2 is 2.73 bits per heavy atom. The largest absolute Gasteiger partial charge is 0.364 e. The maximum Gasteiger partial charge on any atom is 0.124 e. The van der Waals surface area contributed by atoms with Gasteiger partial charge in [0.1, 0.15) is 6.26 Å². The molecule has 0 fully saturated rings. The molecule has 1 aromatic rings. The Morgan fingerprint density at radius 3 is 3.27 bits per heavy atom. The molecule has 1 atom stereocenters. The molecule has 0 spiro atoms.